The van der Waals surface area contributed by atoms with Gasteiger partial charge in [-0.15, -0.1) is 10.2 Å². The van der Waals surface area contributed by atoms with Crippen LogP contribution >= 0.6 is 11.6 Å². The number of fused-ring (bicyclic) bond motifs is 3. The Morgan fingerprint density at radius 3 is 2.48 bits per heavy atom. The van der Waals surface area contributed by atoms with Gasteiger partial charge < -0.3 is 9.80 Å². The fourth-order valence-electron chi connectivity index (χ4n) is 4.24. The number of anilines is 1. The Labute approximate surface area is 182 Å². The maximum atomic E-state index is 14.6. The van der Waals surface area contributed by atoms with Gasteiger partial charge >= 0.3 is 6.03 Å². The van der Waals surface area contributed by atoms with Gasteiger partial charge in [-0.2, -0.15) is 0 Å². The molecule has 8 nitrogen and oxygen atoms in total. The summed E-state index contributed by atoms with van der Waals surface area (Å²) in [5, 5.41) is 8.89. The van der Waals surface area contributed by atoms with Crippen molar-refractivity contribution in [3.05, 3.63) is 64.9 Å². The lowest BCUT2D eigenvalue weighted by Gasteiger charge is -2.40. The molecule has 0 N–H and O–H groups in total. The first-order valence-corrected chi connectivity index (χ1v) is 10.0. The van der Waals surface area contributed by atoms with Gasteiger partial charge in [-0.25, -0.2) is 9.18 Å². The summed E-state index contributed by atoms with van der Waals surface area (Å²) in [4.78, 5) is 30.1. The first kappa shape index (κ1) is 19.5. The smallest absolute Gasteiger partial charge is 0.320 e. The topological polar surface area (TPSA) is 74.6 Å². The highest BCUT2D eigenvalue weighted by molar-refractivity contribution is 6.31. The minimum absolute atomic E-state index is 0.00120. The number of halogens is 2. The standard InChI is InChI=1S/C21H18ClFN6O2/c1-26-18-16(19(30)27(2)21(26)31)28(11-13-14(22)9-6-10-15(13)23)20-25-24-17(29(18)20)12-7-4-3-5-8-12/h3-10,16,18H,11H2,1-2H3. The third-order valence-corrected chi connectivity index (χ3v) is 6.16. The number of benzene rings is 2. The third kappa shape index (κ3) is 2.80. The lowest BCUT2D eigenvalue weighted by Crippen LogP contribution is -2.61. The summed E-state index contributed by atoms with van der Waals surface area (Å²) in [5.74, 6) is 0.0117. The molecular weight excluding hydrogens is 423 g/mol. The summed E-state index contributed by atoms with van der Waals surface area (Å²) in [5.41, 5.74) is 1.04. The number of hydrogen-bond acceptors (Lipinski definition) is 5. The van der Waals surface area contributed by atoms with Gasteiger partial charge in [0.25, 0.3) is 5.91 Å². The molecule has 0 saturated carbocycles. The van der Waals surface area contributed by atoms with Crippen LogP contribution in [-0.4, -0.2) is 56.6 Å². The molecule has 158 valence electrons. The minimum atomic E-state index is -0.795. The van der Waals surface area contributed by atoms with Gasteiger partial charge in [0.1, 0.15) is 12.0 Å². The Balaban J connectivity index is 1.68. The van der Waals surface area contributed by atoms with Crippen LogP contribution in [0.4, 0.5) is 15.1 Å². The molecule has 2 unspecified atom stereocenters. The van der Waals surface area contributed by atoms with Crippen LogP contribution in [0, 0.1) is 5.82 Å². The van der Waals surface area contributed by atoms with Crippen molar-refractivity contribution in [2.45, 2.75) is 18.8 Å². The largest absolute Gasteiger partial charge is 0.327 e. The number of imide groups is 1. The molecular formula is C21H18ClFN6O2. The van der Waals surface area contributed by atoms with E-state index in [1.54, 1.807) is 22.6 Å². The molecule has 2 atom stereocenters. The highest BCUT2D eigenvalue weighted by Crippen LogP contribution is 2.43. The zero-order valence-corrected chi connectivity index (χ0v) is 17.5. The number of rotatable bonds is 3. The van der Waals surface area contributed by atoms with Crippen LogP contribution in [0.2, 0.25) is 5.02 Å². The van der Waals surface area contributed by atoms with E-state index in [4.69, 9.17) is 11.6 Å². The molecule has 2 aliphatic rings. The van der Waals surface area contributed by atoms with Gasteiger partial charge in [0, 0.05) is 30.2 Å². The molecule has 3 heterocycles. The van der Waals surface area contributed by atoms with Gasteiger partial charge in [0.05, 0.1) is 6.54 Å². The van der Waals surface area contributed by atoms with Crippen molar-refractivity contribution < 1.29 is 14.0 Å². The first-order chi connectivity index (χ1) is 14.9. The number of amides is 3. The Kier molecular flexibility index (Phi) is 4.44. The molecule has 1 fully saturated rings. The van der Waals surface area contributed by atoms with Crippen molar-refractivity contribution >= 4 is 29.5 Å². The van der Waals surface area contributed by atoms with Crippen LogP contribution in [-0.2, 0) is 11.3 Å². The van der Waals surface area contributed by atoms with E-state index in [1.165, 1.54) is 24.1 Å². The summed E-state index contributed by atoms with van der Waals surface area (Å²) in [6.45, 7) is 0.00120. The molecule has 5 rings (SSSR count). The molecule has 0 spiro atoms. The predicted octanol–water partition coefficient (Wildman–Crippen LogP) is 3.15. The van der Waals surface area contributed by atoms with E-state index >= 15 is 0 Å². The molecule has 2 aliphatic heterocycles. The molecule has 0 aliphatic carbocycles. The lowest BCUT2D eigenvalue weighted by molar-refractivity contribution is -0.133. The predicted molar refractivity (Wildman–Crippen MR) is 112 cm³/mol. The van der Waals surface area contributed by atoms with E-state index in [0.29, 0.717) is 11.8 Å². The molecule has 0 radical (unpaired) electrons. The fraction of sp³-hybridized carbons (Fsp3) is 0.238. The van der Waals surface area contributed by atoms with Crippen molar-refractivity contribution in [1.82, 2.24) is 24.6 Å². The van der Waals surface area contributed by atoms with Gasteiger partial charge in [-0.05, 0) is 12.1 Å². The Morgan fingerprint density at radius 1 is 1.03 bits per heavy atom. The lowest BCUT2D eigenvalue weighted by atomic mass is 10.1. The highest BCUT2D eigenvalue weighted by atomic mass is 35.5. The number of carbonyl (C=O) groups excluding carboxylic acids is 2. The minimum Gasteiger partial charge on any atom is -0.320 e. The van der Waals surface area contributed by atoms with E-state index in [9.17, 15) is 14.0 Å². The normalized spacial score (nSPS) is 20.3. The quantitative estimate of drug-likeness (QED) is 0.625. The van der Waals surface area contributed by atoms with E-state index in [0.717, 1.165) is 10.5 Å². The summed E-state index contributed by atoms with van der Waals surface area (Å²) >= 11 is 6.26. The summed E-state index contributed by atoms with van der Waals surface area (Å²) in [6.07, 6.45) is -0.679. The van der Waals surface area contributed by atoms with E-state index in [2.05, 4.69) is 10.2 Å². The van der Waals surface area contributed by atoms with Gasteiger partial charge in [0.2, 0.25) is 5.95 Å². The highest BCUT2D eigenvalue weighted by Gasteiger charge is 2.54. The molecule has 1 saturated heterocycles. The van der Waals surface area contributed by atoms with Crippen LogP contribution in [0.5, 0.6) is 0 Å². The summed E-state index contributed by atoms with van der Waals surface area (Å²) in [7, 11) is 3.06. The maximum Gasteiger partial charge on any atom is 0.327 e. The second-order valence-electron chi connectivity index (χ2n) is 7.54. The number of hydrogen-bond donors (Lipinski definition) is 0. The molecule has 31 heavy (non-hydrogen) atoms. The van der Waals surface area contributed by atoms with Crippen molar-refractivity contribution in [3.63, 3.8) is 0 Å². The number of nitrogens with zero attached hydrogens (tertiary/aromatic N) is 6. The van der Waals surface area contributed by atoms with Crippen LogP contribution in [0.25, 0.3) is 11.4 Å². The Morgan fingerprint density at radius 2 is 1.77 bits per heavy atom. The maximum absolute atomic E-state index is 14.6. The fourth-order valence-corrected chi connectivity index (χ4v) is 4.47. The average Bonchev–Trinajstić information content (AvgIpc) is 3.33. The molecule has 1 aromatic heterocycles. The monoisotopic (exact) mass is 440 g/mol. The molecule has 2 aromatic carbocycles. The second-order valence-corrected chi connectivity index (χ2v) is 7.94. The number of urea groups is 1. The van der Waals surface area contributed by atoms with Gasteiger partial charge in [-0.3, -0.25) is 14.3 Å². The third-order valence-electron chi connectivity index (χ3n) is 5.81. The van der Waals surface area contributed by atoms with Crippen LogP contribution in [0.1, 0.15) is 11.7 Å². The summed E-state index contributed by atoms with van der Waals surface area (Å²) < 4.78 is 16.3. The Hall–Kier alpha value is -3.46. The Bertz CT molecular complexity index is 1180. The van der Waals surface area contributed by atoms with Crippen molar-refractivity contribution in [3.8, 4) is 11.4 Å². The van der Waals surface area contributed by atoms with Gasteiger partial charge in [0.15, 0.2) is 11.9 Å². The van der Waals surface area contributed by atoms with Crippen LogP contribution in [0.3, 0.4) is 0 Å². The molecule has 0 bridgehead atoms. The number of carbonyl (C=O) groups is 2. The van der Waals surface area contributed by atoms with E-state index in [-0.39, 0.29) is 17.1 Å². The van der Waals surface area contributed by atoms with Crippen molar-refractivity contribution in [2.75, 3.05) is 19.0 Å². The van der Waals surface area contributed by atoms with E-state index < -0.39 is 30.0 Å². The average molecular weight is 441 g/mol. The van der Waals surface area contributed by atoms with Crippen LogP contribution in [0.15, 0.2) is 48.5 Å². The number of likely N-dealkylation sites (N-methyl/N-ethyl adjacent to an activating group) is 2. The van der Waals surface area contributed by atoms with Crippen molar-refractivity contribution in [2.24, 2.45) is 0 Å². The number of aromatic nitrogens is 3. The molecule has 3 amide bonds. The zero-order chi connectivity index (χ0) is 21.9. The SMILES string of the molecule is CN1C(=O)C2C(N(C)C1=O)n1c(-c3ccccc3)nnc1N2Cc1c(F)cccc1Cl. The van der Waals surface area contributed by atoms with Gasteiger partial charge in [-0.1, -0.05) is 48.0 Å². The summed E-state index contributed by atoms with van der Waals surface area (Å²) in [6, 6.07) is 12.6. The van der Waals surface area contributed by atoms with Crippen molar-refractivity contribution in [1.29, 1.82) is 0 Å². The molecule has 3 aromatic rings. The molecule has 10 heteroatoms. The zero-order valence-electron chi connectivity index (χ0n) is 16.7. The second kappa shape index (κ2) is 7.05. The van der Waals surface area contributed by atoms with E-state index in [1.807, 2.05) is 30.3 Å². The van der Waals surface area contributed by atoms with Crippen LogP contribution < -0.4 is 4.90 Å². The first-order valence-electron chi connectivity index (χ1n) is 9.64.